The monoisotopic (exact) mass is 333 g/mol. The molecular formula is C18H14ClF2NO. The Kier molecular flexibility index (Phi) is 5.46. The van der Waals surface area contributed by atoms with E-state index in [1.807, 2.05) is 6.07 Å². The van der Waals surface area contributed by atoms with Gasteiger partial charge in [0.05, 0.1) is 17.6 Å². The fraction of sp³-hybridized carbons (Fsp3) is 0.222. The zero-order valence-electron chi connectivity index (χ0n) is 12.4. The van der Waals surface area contributed by atoms with Crippen molar-refractivity contribution < 1.29 is 13.6 Å². The van der Waals surface area contributed by atoms with Crippen LogP contribution in [0.25, 0.3) is 0 Å². The molecule has 0 amide bonds. The number of nitriles is 1. The van der Waals surface area contributed by atoms with Gasteiger partial charge in [-0.2, -0.15) is 5.26 Å². The number of ketones is 1. The Bertz CT molecular complexity index is 783. The van der Waals surface area contributed by atoms with Crippen LogP contribution in [0.3, 0.4) is 0 Å². The van der Waals surface area contributed by atoms with Crippen LogP contribution in [0.1, 0.15) is 40.2 Å². The van der Waals surface area contributed by atoms with Crippen molar-refractivity contribution in [2.45, 2.75) is 25.7 Å². The number of halogens is 3. The van der Waals surface area contributed by atoms with Gasteiger partial charge in [-0.3, -0.25) is 4.79 Å². The topological polar surface area (TPSA) is 40.9 Å². The molecule has 0 saturated heterocycles. The van der Waals surface area contributed by atoms with E-state index in [2.05, 4.69) is 0 Å². The average molecular weight is 334 g/mol. The maximum absolute atomic E-state index is 14.2. The molecule has 0 spiro atoms. The van der Waals surface area contributed by atoms with Crippen LogP contribution in [0.15, 0.2) is 36.4 Å². The summed E-state index contributed by atoms with van der Waals surface area (Å²) in [6.45, 7) is 1.55. The molecule has 0 bridgehead atoms. The van der Waals surface area contributed by atoms with E-state index in [-0.39, 0.29) is 29.0 Å². The zero-order valence-corrected chi connectivity index (χ0v) is 13.2. The smallest absolute Gasteiger partial charge is 0.173 e. The minimum Gasteiger partial charge on any atom is -0.293 e. The van der Waals surface area contributed by atoms with Crippen LogP contribution in [-0.2, 0) is 0 Å². The minimum atomic E-state index is -0.928. The Morgan fingerprint density at radius 1 is 1.30 bits per heavy atom. The Balaban J connectivity index is 2.48. The predicted octanol–water partition coefficient (Wildman–Crippen LogP) is 5.20. The van der Waals surface area contributed by atoms with Crippen molar-refractivity contribution in [1.29, 1.82) is 5.26 Å². The van der Waals surface area contributed by atoms with E-state index in [1.54, 1.807) is 19.1 Å². The molecule has 118 valence electrons. The molecule has 2 nitrogen and oxygen atoms in total. The third-order valence-electron chi connectivity index (χ3n) is 3.66. The number of rotatable bonds is 5. The van der Waals surface area contributed by atoms with Gasteiger partial charge in [0.15, 0.2) is 5.78 Å². The first-order valence-corrected chi connectivity index (χ1v) is 7.44. The van der Waals surface area contributed by atoms with Gasteiger partial charge in [-0.1, -0.05) is 29.8 Å². The second kappa shape index (κ2) is 7.34. The number of hydrogen-bond donors (Lipinski definition) is 0. The SMILES string of the molecule is Cc1cccc(C(=O)C(CCC#N)c2ccc(Cl)cc2F)c1F. The van der Waals surface area contributed by atoms with Gasteiger partial charge in [0, 0.05) is 11.4 Å². The number of aryl methyl sites for hydroxylation is 1. The molecule has 0 heterocycles. The normalized spacial score (nSPS) is 11.8. The van der Waals surface area contributed by atoms with Crippen molar-refractivity contribution in [3.8, 4) is 6.07 Å². The van der Waals surface area contributed by atoms with E-state index in [0.717, 1.165) is 6.07 Å². The molecule has 23 heavy (non-hydrogen) atoms. The summed E-state index contributed by atoms with van der Waals surface area (Å²) in [6, 6.07) is 10.4. The van der Waals surface area contributed by atoms with Gasteiger partial charge in [0.1, 0.15) is 11.6 Å². The number of hydrogen-bond acceptors (Lipinski definition) is 2. The maximum atomic E-state index is 14.2. The van der Waals surface area contributed by atoms with Crippen LogP contribution in [-0.4, -0.2) is 5.78 Å². The van der Waals surface area contributed by atoms with Gasteiger partial charge in [-0.05, 0) is 42.7 Å². The van der Waals surface area contributed by atoms with Gasteiger partial charge in [0.25, 0.3) is 0 Å². The first-order valence-electron chi connectivity index (χ1n) is 7.07. The summed E-state index contributed by atoms with van der Waals surface area (Å²) in [4.78, 5) is 12.7. The quantitative estimate of drug-likeness (QED) is 0.706. The summed E-state index contributed by atoms with van der Waals surface area (Å²) < 4.78 is 28.4. The molecule has 2 aromatic carbocycles. The highest BCUT2D eigenvalue weighted by molar-refractivity contribution is 6.30. The number of nitrogens with zero attached hydrogens (tertiary/aromatic N) is 1. The molecule has 0 radical (unpaired) electrons. The van der Waals surface area contributed by atoms with E-state index < -0.39 is 23.3 Å². The van der Waals surface area contributed by atoms with Crippen molar-refractivity contribution in [3.63, 3.8) is 0 Å². The van der Waals surface area contributed by atoms with Crippen molar-refractivity contribution in [1.82, 2.24) is 0 Å². The molecule has 0 N–H and O–H groups in total. The summed E-state index contributed by atoms with van der Waals surface area (Å²) in [5.41, 5.74) is 0.365. The highest BCUT2D eigenvalue weighted by Crippen LogP contribution is 2.30. The lowest BCUT2D eigenvalue weighted by Crippen LogP contribution is -2.16. The standard InChI is InChI=1S/C18H14ClF2NO/c1-11-4-2-5-15(17(11)21)18(23)14(6-3-9-22)13-8-7-12(19)10-16(13)20/h2,4-5,7-8,10,14H,3,6H2,1H3. The average Bonchev–Trinajstić information content (AvgIpc) is 2.51. The van der Waals surface area contributed by atoms with Gasteiger partial charge in [-0.25, -0.2) is 8.78 Å². The lowest BCUT2D eigenvalue weighted by Gasteiger charge is -2.17. The molecule has 2 rings (SSSR count). The summed E-state index contributed by atoms with van der Waals surface area (Å²) in [5.74, 6) is -2.72. The van der Waals surface area contributed by atoms with Gasteiger partial charge >= 0.3 is 0 Å². The van der Waals surface area contributed by atoms with Crippen LogP contribution in [0.2, 0.25) is 5.02 Å². The van der Waals surface area contributed by atoms with Crippen molar-refractivity contribution in [2.24, 2.45) is 0 Å². The predicted molar refractivity (Wildman–Crippen MR) is 84.5 cm³/mol. The van der Waals surface area contributed by atoms with Gasteiger partial charge < -0.3 is 0 Å². The largest absolute Gasteiger partial charge is 0.293 e. The number of Topliss-reactive ketones (excluding diaryl/α,β-unsaturated/α-hetero) is 1. The summed E-state index contributed by atoms with van der Waals surface area (Å²) >= 11 is 5.73. The molecular weight excluding hydrogens is 320 g/mol. The Hall–Kier alpha value is -2.25. The lowest BCUT2D eigenvalue weighted by molar-refractivity contribution is 0.0949. The lowest BCUT2D eigenvalue weighted by atomic mass is 9.86. The van der Waals surface area contributed by atoms with Crippen LogP contribution >= 0.6 is 11.6 Å². The van der Waals surface area contributed by atoms with Crippen molar-refractivity contribution in [3.05, 3.63) is 69.7 Å². The van der Waals surface area contributed by atoms with E-state index in [0.29, 0.717) is 5.56 Å². The van der Waals surface area contributed by atoms with Gasteiger partial charge in [-0.15, -0.1) is 0 Å². The fourth-order valence-electron chi connectivity index (χ4n) is 2.45. The van der Waals surface area contributed by atoms with E-state index in [1.165, 1.54) is 18.2 Å². The second-order valence-electron chi connectivity index (χ2n) is 5.22. The Labute approximate surface area is 138 Å². The maximum Gasteiger partial charge on any atom is 0.173 e. The molecule has 1 atom stereocenters. The van der Waals surface area contributed by atoms with Crippen LogP contribution < -0.4 is 0 Å². The number of benzene rings is 2. The first kappa shape index (κ1) is 17.1. The molecule has 2 aromatic rings. The summed E-state index contributed by atoms with van der Waals surface area (Å²) in [5, 5.41) is 8.98. The fourth-order valence-corrected chi connectivity index (χ4v) is 2.61. The van der Waals surface area contributed by atoms with E-state index in [9.17, 15) is 13.6 Å². The first-order chi connectivity index (χ1) is 11.0. The number of carbonyl (C=O) groups is 1. The third kappa shape index (κ3) is 3.75. The summed E-state index contributed by atoms with van der Waals surface area (Å²) in [6.07, 6.45) is 0.174. The molecule has 0 aromatic heterocycles. The molecule has 0 fully saturated rings. The highest BCUT2D eigenvalue weighted by Gasteiger charge is 2.27. The molecule has 0 saturated carbocycles. The Morgan fingerprint density at radius 3 is 2.70 bits per heavy atom. The minimum absolute atomic E-state index is 0.0614. The Morgan fingerprint density at radius 2 is 2.04 bits per heavy atom. The van der Waals surface area contributed by atoms with Crippen LogP contribution in [0.5, 0.6) is 0 Å². The zero-order chi connectivity index (χ0) is 17.0. The van der Waals surface area contributed by atoms with E-state index >= 15 is 0 Å². The van der Waals surface area contributed by atoms with Gasteiger partial charge in [0.2, 0.25) is 0 Å². The van der Waals surface area contributed by atoms with Crippen molar-refractivity contribution >= 4 is 17.4 Å². The molecule has 0 aliphatic heterocycles. The molecule has 0 aliphatic rings. The van der Waals surface area contributed by atoms with Crippen molar-refractivity contribution in [2.75, 3.05) is 0 Å². The molecule has 0 aliphatic carbocycles. The molecule has 5 heteroatoms. The number of carbonyl (C=O) groups excluding carboxylic acids is 1. The highest BCUT2D eigenvalue weighted by atomic mass is 35.5. The summed E-state index contributed by atoms with van der Waals surface area (Å²) in [7, 11) is 0. The third-order valence-corrected chi connectivity index (χ3v) is 3.89. The second-order valence-corrected chi connectivity index (χ2v) is 5.65. The molecule has 1 unspecified atom stereocenters. The van der Waals surface area contributed by atoms with Crippen LogP contribution in [0.4, 0.5) is 8.78 Å². The van der Waals surface area contributed by atoms with Crippen LogP contribution in [0, 0.1) is 29.9 Å². The van der Waals surface area contributed by atoms with E-state index in [4.69, 9.17) is 16.9 Å².